The number of halogens is 1. The van der Waals surface area contributed by atoms with Crippen molar-refractivity contribution in [2.24, 2.45) is 5.92 Å². The number of nitrogens with zero attached hydrogens (tertiary/aromatic N) is 2. The second-order valence-electron chi connectivity index (χ2n) is 7.88. The molecule has 0 aliphatic carbocycles. The molecule has 9 heteroatoms. The van der Waals surface area contributed by atoms with Gasteiger partial charge in [-0.25, -0.2) is 4.39 Å². The van der Waals surface area contributed by atoms with Crippen LogP contribution in [0, 0.1) is 11.7 Å². The molecule has 8 nitrogen and oxygen atoms in total. The van der Waals surface area contributed by atoms with Gasteiger partial charge in [-0.05, 0) is 42.3 Å². The van der Waals surface area contributed by atoms with Gasteiger partial charge in [-0.3, -0.25) is 19.6 Å². The summed E-state index contributed by atoms with van der Waals surface area (Å²) in [7, 11) is 1.63. The van der Waals surface area contributed by atoms with Gasteiger partial charge in [0, 0.05) is 36.6 Å². The largest absolute Gasteiger partial charge is 0.497 e. The number of aromatic amines is 2. The third-order valence-corrected chi connectivity index (χ3v) is 5.94. The topological polar surface area (TPSA) is 103 Å². The number of hydrogen-bond donors (Lipinski definition) is 3. The van der Waals surface area contributed by atoms with Gasteiger partial charge in [-0.15, -0.1) is 0 Å². The number of fused-ring (bicyclic) bond motifs is 2. The molecule has 1 atom stereocenters. The second kappa shape index (κ2) is 7.99. The SMILES string of the molecule is COc1ccc2[nH]cc(CCNC(=O)[C@H]3CC(=O)N(c4n[nH]c5cccc(F)c45)C3)c2c1. The Hall–Kier alpha value is -3.88. The van der Waals surface area contributed by atoms with Gasteiger partial charge in [0.1, 0.15) is 11.6 Å². The van der Waals surface area contributed by atoms with Crippen LogP contribution in [0.1, 0.15) is 12.0 Å². The molecule has 0 unspecified atom stereocenters. The van der Waals surface area contributed by atoms with E-state index in [2.05, 4.69) is 20.5 Å². The minimum Gasteiger partial charge on any atom is -0.497 e. The predicted molar refractivity (Wildman–Crippen MR) is 118 cm³/mol. The zero-order valence-corrected chi connectivity index (χ0v) is 17.4. The molecular formula is C23H22FN5O3. The fourth-order valence-electron chi connectivity index (χ4n) is 4.25. The zero-order valence-electron chi connectivity index (χ0n) is 17.4. The van der Waals surface area contributed by atoms with Crippen LogP contribution in [0.25, 0.3) is 21.8 Å². The average molecular weight is 435 g/mol. The lowest BCUT2D eigenvalue weighted by Crippen LogP contribution is -2.34. The van der Waals surface area contributed by atoms with E-state index in [1.54, 1.807) is 19.2 Å². The van der Waals surface area contributed by atoms with Crippen LogP contribution >= 0.6 is 0 Å². The minimum atomic E-state index is -0.510. The first kappa shape index (κ1) is 20.0. The van der Waals surface area contributed by atoms with Crippen LogP contribution < -0.4 is 15.0 Å². The maximum Gasteiger partial charge on any atom is 0.229 e. The predicted octanol–water partition coefficient (Wildman–Crippen LogP) is 2.90. The fourth-order valence-corrected chi connectivity index (χ4v) is 4.25. The molecule has 3 N–H and O–H groups in total. The van der Waals surface area contributed by atoms with E-state index in [4.69, 9.17) is 4.74 Å². The third-order valence-electron chi connectivity index (χ3n) is 5.94. The van der Waals surface area contributed by atoms with Crippen LogP contribution in [0.4, 0.5) is 10.2 Å². The van der Waals surface area contributed by atoms with Crippen molar-refractivity contribution in [1.82, 2.24) is 20.5 Å². The number of rotatable bonds is 6. The van der Waals surface area contributed by atoms with Gasteiger partial charge in [-0.1, -0.05) is 6.07 Å². The Balaban J connectivity index is 1.24. The highest BCUT2D eigenvalue weighted by atomic mass is 19.1. The average Bonchev–Trinajstić information content (AvgIpc) is 3.50. The highest BCUT2D eigenvalue weighted by molar-refractivity contribution is 6.05. The Morgan fingerprint density at radius 2 is 2.19 bits per heavy atom. The number of H-pyrrole nitrogens is 2. The molecule has 1 saturated heterocycles. The molecule has 1 aliphatic heterocycles. The highest BCUT2D eigenvalue weighted by Gasteiger charge is 2.37. The molecule has 2 aromatic heterocycles. The first-order chi connectivity index (χ1) is 15.5. The Bertz CT molecular complexity index is 1330. The monoisotopic (exact) mass is 435 g/mol. The van der Waals surface area contributed by atoms with Crippen LogP contribution in [0.5, 0.6) is 5.75 Å². The van der Waals surface area contributed by atoms with E-state index in [1.807, 2.05) is 24.4 Å². The van der Waals surface area contributed by atoms with Crippen molar-refractivity contribution >= 4 is 39.4 Å². The van der Waals surface area contributed by atoms with E-state index in [0.29, 0.717) is 18.5 Å². The van der Waals surface area contributed by atoms with Gasteiger partial charge < -0.3 is 15.0 Å². The molecule has 0 bridgehead atoms. The lowest BCUT2D eigenvalue weighted by molar-refractivity contribution is -0.126. The molecule has 2 amide bonds. The minimum absolute atomic E-state index is 0.0684. The number of anilines is 1. The Morgan fingerprint density at radius 1 is 1.31 bits per heavy atom. The van der Waals surface area contributed by atoms with Crippen LogP contribution in [0.2, 0.25) is 0 Å². The van der Waals surface area contributed by atoms with Crippen molar-refractivity contribution < 1.29 is 18.7 Å². The van der Waals surface area contributed by atoms with Crippen molar-refractivity contribution in [1.29, 1.82) is 0 Å². The van der Waals surface area contributed by atoms with E-state index in [-0.39, 0.29) is 36.0 Å². The van der Waals surface area contributed by atoms with Gasteiger partial charge in [0.25, 0.3) is 0 Å². The normalized spacial score (nSPS) is 16.2. The van der Waals surface area contributed by atoms with Crippen molar-refractivity contribution in [3.63, 3.8) is 0 Å². The van der Waals surface area contributed by atoms with Crippen molar-refractivity contribution in [2.45, 2.75) is 12.8 Å². The lowest BCUT2D eigenvalue weighted by atomic mass is 10.1. The highest BCUT2D eigenvalue weighted by Crippen LogP contribution is 2.31. The number of carbonyl (C=O) groups is 2. The summed E-state index contributed by atoms with van der Waals surface area (Å²) in [5.74, 6) is -0.407. The summed E-state index contributed by atoms with van der Waals surface area (Å²) in [4.78, 5) is 29.9. The molecule has 1 aliphatic rings. The van der Waals surface area contributed by atoms with E-state index < -0.39 is 11.7 Å². The van der Waals surface area contributed by atoms with Crippen molar-refractivity contribution in [3.8, 4) is 5.75 Å². The molecule has 2 aromatic carbocycles. The first-order valence-corrected chi connectivity index (χ1v) is 10.4. The van der Waals surface area contributed by atoms with Crippen molar-refractivity contribution in [3.05, 3.63) is 54.0 Å². The van der Waals surface area contributed by atoms with E-state index in [1.165, 1.54) is 11.0 Å². The number of nitrogens with one attached hydrogen (secondary N) is 3. The fraction of sp³-hybridized carbons (Fsp3) is 0.261. The van der Waals surface area contributed by atoms with Gasteiger partial charge in [0.15, 0.2) is 5.82 Å². The number of hydrogen-bond acceptors (Lipinski definition) is 4. The molecule has 164 valence electrons. The summed E-state index contributed by atoms with van der Waals surface area (Å²) in [5, 5.41) is 11.1. The van der Waals surface area contributed by atoms with Gasteiger partial charge in [0.2, 0.25) is 11.8 Å². The molecule has 0 spiro atoms. The number of carbonyl (C=O) groups excluding carboxylic acids is 2. The van der Waals surface area contributed by atoms with Gasteiger partial charge in [0.05, 0.1) is 23.9 Å². The molecule has 4 aromatic rings. The third kappa shape index (κ3) is 3.45. The van der Waals surface area contributed by atoms with Gasteiger partial charge in [-0.2, -0.15) is 5.10 Å². The van der Waals surface area contributed by atoms with E-state index in [0.717, 1.165) is 22.2 Å². The summed E-state index contributed by atoms with van der Waals surface area (Å²) in [5.41, 5.74) is 2.58. The number of benzene rings is 2. The van der Waals surface area contributed by atoms with Crippen LogP contribution in [-0.4, -0.2) is 47.2 Å². The Labute approximate surface area is 182 Å². The molecule has 32 heavy (non-hydrogen) atoms. The lowest BCUT2D eigenvalue weighted by Gasteiger charge is -2.14. The molecule has 0 radical (unpaired) electrons. The van der Waals surface area contributed by atoms with E-state index in [9.17, 15) is 14.0 Å². The molecule has 0 saturated carbocycles. The quantitative estimate of drug-likeness (QED) is 0.433. The maximum absolute atomic E-state index is 14.3. The smallest absolute Gasteiger partial charge is 0.229 e. The molecular weight excluding hydrogens is 413 g/mol. The zero-order chi connectivity index (χ0) is 22.2. The summed E-state index contributed by atoms with van der Waals surface area (Å²) >= 11 is 0. The maximum atomic E-state index is 14.3. The molecule has 1 fully saturated rings. The van der Waals surface area contributed by atoms with E-state index >= 15 is 0 Å². The molecule has 3 heterocycles. The summed E-state index contributed by atoms with van der Waals surface area (Å²) < 4.78 is 19.6. The Morgan fingerprint density at radius 3 is 3.03 bits per heavy atom. The van der Waals surface area contributed by atoms with Crippen LogP contribution in [0.3, 0.4) is 0 Å². The first-order valence-electron chi connectivity index (χ1n) is 10.4. The van der Waals surface area contributed by atoms with Crippen LogP contribution in [0.15, 0.2) is 42.6 Å². The van der Waals surface area contributed by atoms with Gasteiger partial charge >= 0.3 is 0 Å². The second-order valence-corrected chi connectivity index (χ2v) is 7.88. The van der Waals surface area contributed by atoms with Crippen molar-refractivity contribution in [2.75, 3.05) is 25.1 Å². The number of ether oxygens (including phenoxy) is 1. The summed E-state index contributed by atoms with van der Waals surface area (Å²) in [6.45, 7) is 0.608. The van der Waals surface area contributed by atoms with Crippen LogP contribution in [-0.2, 0) is 16.0 Å². The summed E-state index contributed by atoms with van der Waals surface area (Å²) in [6, 6.07) is 10.4. The Kier molecular flexibility index (Phi) is 5.01. The summed E-state index contributed by atoms with van der Waals surface area (Å²) in [6.07, 6.45) is 2.63. The molecule has 5 rings (SSSR count). The number of methoxy groups -OCH3 is 1. The standard InChI is InChI=1S/C23H22FN5O3/c1-32-15-5-6-18-16(10-15)13(11-26-18)7-8-25-23(31)14-9-20(30)29(12-14)22-21-17(24)3-2-4-19(21)27-28-22/h2-6,10-11,14,26H,7-9,12H2,1H3,(H,25,31)(H,27,28)/t14-/m0/s1. The number of amides is 2. The number of aromatic nitrogens is 3.